The van der Waals surface area contributed by atoms with E-state index in [-0.39, 0.29) is 11.7 Å². The van der Waals surface area contributed by atoms with Crippen molar-refractivity contribution in [3.05, 3.63) is 64.8 Å². The van der Waals surface area contributed by atoms with Crippen LogP contribution in [0, 0.1) is 6.92 Å². The Hall–Kier alpha value is -2.93. The first-order valence-electron chi connectivity index (χ1n) is 10.1. The molecule has 30 heavy (non-hydrogen) atoms. The molecule has 0 radical (unpaired) electrons. The number of rotatable bonds is 4. The van der Waals surface area contributed by atoms with Crippen molar-refractivity contribution in [1.82, 2.24) is 24.6 Å². The quantitative estimate of drug-likeness (QED) is 0.638. The van der Waals surface area contributed by atoms with Crippen LogP contribution in [0.25, 0.3) is 5.69 Å². The van der Waals surface area contributed by atoms with Crippen molar-refractivity contribution in [2.24, 2.45) is 0 Å². The molecular formula is C22H25ClN6O. The molecule has 1 aromatic carbocycles. The molecule has 1 amide bonds. The number of benzene rings is 1. The monoisotopic (exact) mass is 424 g/mol. The van der Waals surface area contributed by atoms with Gasteiger partial charge in [0.1, 0.15) is 11.6 Å². The molecule has 0 atom stereocenters. The van der Waals surface area contributed by atoms with E-state index < -0.39 is 0 Å². The van der Waals surface area contributed by atoms with Gasteiger partial charge in [0.25, 0.3) is 5.91 Å². The van der Waals surface area contributed by atoms with Crippen LogP contribution in [0.5, 0.6) is 0 Å². The van der Waals surface area contributed by atoms with Crippen molar-refractivity contribution < 1.29 is 4.79 Å². The number of para-hydroxylation sites is 1. The smallest absolute Gasteiger partial charge is 0.293 e. The van der Waals surface area contributed by atoms with Crippen LogP contribution in [-0.4, -0.2) is 56.7 Å². The Bertz CT molecular complexity index is 1040. The molecule has 0 bridgehead atoms. The highest BCUT2D eigenvalue weighted by Gasteiger charge is 2.26. The molecule has 1 fully saturated rings. The van der Waals surface area contributed by atoms with Gasteiger partial charge in [-0.1, -0.05) is 43.6 Å². The molecule has 156 valence electrons. The molecule has 4 rings (SSSR count). The molecule has 0 aliphatic carbocycles. The van der Waals surface area contributed by atoms with Crippen LogP contribution in [0.3, 0.4) is 0 Å². The van der Waals surface area contributed by atoms with E-state index in [1.165, 1.54) is 5.56 Å². The minimum atomic E-state index is -0.136. The predicted octanol–water partition coefficient (Wildman–Crippen LogP) is 3.71. The van der Waals surface area contributed by atoms with Gasteiger partial charge in [-0.2, -0.15) is 0 Å². The third-order valence-electron chi connectivity index (χ3n) is 5.35. The van der Waals surface area contributed by atoms with Crippen LogP contribution in [-0.2, 0) is 0 Å². The Labute approximate surface area is 181 Å². The average molecular weight is 425 g/mol. The number of amides is 1. The summed E-state index contributed by atoms with van der Waals surface area (Å²) < 4.78 is 1.77. The lowest BCUT2D eigenvalue weighted by Crippen LogP contribution is -2.49. The van der Waals surface area contributed by atoms with Gasteiger partial charge in [-0.05, 0) is 36.6 Å². The van der Waals surface area contributed by atoms with E-state index in [1.807, 2.05) is 37.3 Å². The zero-order chi connectivity index (χ0) is 21.3. The largest absolute Gasteiger partial charge is 0.353 e. The zero-order valence-electron chi connectivity index (χ0n) is 17.4. The molecule has 2 aromatic heterocycles. The van der Waals surface area contributed by atoms with Crippen LogP contribution in [0.1, 0.15) is 41.8 Å². The standard InChI is InChI=1S/C22H25ClN6O/c1-15(2)18-6-4-5-7-19(18)29-16(3)25-21(26-29)22(30)28-12-10-27(11-13-28)20-9-8-17(23)14-24-20/h4-9,14-15H,10-13H2,1-3H3. The van der Waals surface area contributed by atoms with Crippen LogP contribution in [0.15, 0.2) is 42.6 Å². The van der Waals surface area contributed by atoms with Crippen LogP contribution >= 0.6 is 11.6 Å². The van der Waals surface area contributed by atoms with Crippen LogP contribution in [0.4, 0.5) is 5.82 Å². The molecule has 1 saturated heterocycles. The summed E-state index contributed by atoms with van der Waals surface area (Å²) in [6.45, 7) is 8.77. The number of halogens is 1. The molecule has 0 spiro atoms. The number of hydrogen-bond donors (Lipinski definition) is 0. The summed E-state index contributed by atoms with van der Waals surface area (Å²) in [7, 11) is 0. The maximum atomic E-state index is 13.0. The minimum Gasteiger partial charge on any atom is -0.353 e. The van der Waals surface area contributed by atoms with E-state index in [1.54, 1.807) is 15.8 Å². The average Bonchev–Trinajstić information content (AvgIpc) is 3.15. The second-order valence-electron chi connectivity index (χ2n) is 7.72. The first-order chi connectivity index (χ1) is 14.4. The third-order valence-corrected chi connectivity index (χ3v) is 5.57. The normalized spacial score (nSPS) is 14.4. The molecular weight excluding hydrogens is 400 g/mol. The summed E-state index contributed by atoms with van der Waals surface area (Å²) in [4.78, 5) is 25.8. The van der Waals surface area contributed by atoms with Gasteiger partial charge in [-0.15, -0.1) is 5.10 Å². The van der Waals surface area contributed by atoms with Crippen LogP contribution in [0.2, 0.25) is 5.02 Å². The SMILES string of the molecule is Cc1nc(C(=O)N2CCN(c3ccc(Cl)cn3)CC2)nn1-c1ccccc1C(C)C. The van der Waals surface area contributed by atoms with E-state index in [0.29, 0.717) is 42.9 Å². The number of anilines is 1. The fraction of sp³-hybridized carbons (Fsp3) is 0.364. The number of aryl methyl sites for hydroxylation is 1. The summed E-state index contributed by atoms with van der Waals surface area (Å²) in [5, 5.41) is 5.17. The summed E-state index contributed by atoms with van der Waals surface area (Å²) in [5.41, 5.74) is 2.14. The van der Waals surface area contributed by atoms with Crippen molar-refractivity contribution in [3.8, 4) is 5.69 Å². The maximum Gasteiger partial charge on any atom is 0.293 e. The fourth-order valence-corrected chi connectivity index (χ4v) is 3.82. The highest BCUT2D eigenvalue weighted by Crippen LogP contribution is 2.23. The number of carbonyl (C=O) groups excluding carboxylic acids is 1. The van der Waals surface area contributed by atoms with Gasteiger partial charge in [0.2, 0.25) is 5.82 Å². The second kappa shape index (κ2) is 8.44. The molecule has 0 N–H and O–H groups in total. The Morgan fingerprint density at radius 3 is 2.47 bits per heavy atom. The number of aromatic nitrogens is 4. The van der Waals surface area contributed by atoms with Gasteiger partial charge in [-0.25, -0.2) is 14.6 Å². The first-order valence-corrected chi connectivity index (χ1v) is 10.5. The number of pyridine rings is 1. The Morgan fingerprint density at radius 1 is 1.07 bits per heavy atom. The first kappa shape index (κ1) is 20.3. The van der Waals surface area contributed by atoms with Crippen molar-refractivity contribution in [3.63, 3.8) is 0 Å². The maximum absolute atomic E-state index is 13.0. The molecule has 8 heteroatoms. The number of carbonyl (C=O) groups is 1. The lowest BCUT2D eigenvalue weighted by atomic mass is 10.0. The molecule has 1 aliphatic heterocycles. The molecule has 0 saturated carbocycles. The molecule has 0 unspecified atom stereocenters. The number of hydrogen-bond acceptors (Lipinski definition) is 5. The lowest BCUT2D eigenvalue weighted by molar-refractivity contribution is 0.0734. The highest BCUT2D eigenvalue weighted by atomic mass is 35.5. The topological polar surface area (TPSA) is 67.2 Å². The molecule has 1 aliphatic rings. The van der Waals surface area contributed by atoms with Crippen molar-refractivity contribution in [1.29, 1.82) is 0 Å². The van der Waals surface area contributed by atoms with Gasteiger partial charge in [-0.3, -0.25) is 4.79 Å². The van der Waals surface area contributed by atoms with Crippen LogP contribution < -0.4 is 4.90 Å². The Kier molecular flexibility index (Phi) is 5.72. The molecule has 7 nitrogen and oxygen atoms in total. The van der Waals surface area contributed by atoms with Gasteiger partial charge in [0.05, 0.1) is 10.7 Å². The second-order valence-corrected chi connectivity index (χ2v) is 8.16. The molecule has 3 aromatic rings. The highest BCUT2D eigenvalue weighted by molar-refractivity contribution is 6.30. The predicted molar refractivity (Wildman–Crippen MR) is 118 cm³/mol. The zero-order valence-corrected chi connectivity index (χ0v) is 18.2. The number of nitrogens with zero attached hydrogens (tertiary/aromatic N) is 6. The summed E-state index contributed by atoms with van der Waals surface area (Å²) in [5.74, 6) is 2.02. The molecule has 3 heterocycles. The van der Waals surface area contributed by atoms with E-state index in [9.17, 15) is 4.79 Å². The minimum absolute atomic E-state index is 0.136. The third kappa shape index (κ3) is 4.03. The van der Waals surface area contributed by atoms with Gasteiger partial charge >= 0.3 is 0 Å². The summed E-state index contributed by atoms with van der Waals surface area (Å²) in [6, 6.07) is 11.8. The summed E-state index contributed by atoms with van der Waals surface area (Å²) >= 11 is 5.92. The van der Waals surface area contributed by atoms with Crippen molar-refractivity contribution >= 4 is 23.3 Å². The Morgan fingerprint density at radius 2 is 1.80 bits per heavy atom. The van der Waals surface area contributed by atoms with E-state index in [4.69, 9.17) is 11.6 Å². The van der Waals surface area contributed by atoms with Gasteiger partial charge in [0, 0.05) is 32.4 Å². The van der Waals surface area contributed by atoms with Crippen molar-refractivity contribution in [2.75, 3.05) is 31.1 Å². The lowest BCUT2D eigenvalue weighted by Gasteiger charge is -2.34. The van der Waals surface area contributed by atoms with E-state index in [2.05, 4.69) is 39.9 Å². The van der Waals surface area contributed by atoms with Gasteiger partial charge in [0.15, 0.2) is 0 Å². The fourth-order valence-electron chi connectivity index (χ4n) is 3.71. The number of piperazine rings is 1. The van der Waals surface area contributed by atoms with E-state index in [0.717, 1.165) is 11.5 Å². The van der Waals surface area contributed by atoms with Crippen molar-refractivity contribution in [2.45, 2.75) is 26.7 Å². The summed E-state index contributed by atoms with van der Waals surface area (Å²) in [6.07, 6.45) is 1.64. The van der Waals surface area contributed by atoms with Gasteiger partial charge < -0.3 is 9.80 Å². The van der Waals surface area contributed by atoms with E-state index >= 15 is 0 Å². The Balaban J connectivity index is 1.49.